The van der Waals surface area contributed by atoms with E-state index in [1.807, 2.05) is 36.6 Å². The number of benzene rings is 2. The van der Waals surface area contributed by atoms with Crippen LogP contribution in [0.25, 0.3) is 16.7 Å². The first-order chi connectivity index (χ1) is 14.1. The molecule has 0 saturated carbocycles. The largest absolute Gasteiger partial charge is 0.486 e. The number of hydrogen-bond donors (Lipinski definition) is 1. The summed E-state index contributed by atoms with van der Waals surface area (Å²) in [6, 6.07) is 12.1. The zero-order valence-corrected chi connectivity index (χ0v) is 16.1. The Bertz CT molecular complexity index is 1220. The second-order valence-corrected chi connectivity index (χ2v) is 6.93. The second kappa shape index (κ2) is 6.77. The number of halogens is 1. The molecular weight excluding hydrogens is 371 g/mol. The molecule has 0 radical (unpaired) electrons. The van der Waals surface area contributed by atoms with Crippen LogP contribution in [0.4, 0.5) is 15.9 Å². The highest BCUT2D eigenvalue weighted by atomic mass is 19.1. The molecule has 2 aromatic heterocycles. The highest BCUT2D eigenvalue weighted by molar-refractivity contribution is 5.94. The van der Waals surface area contributed by atoms with Gasteiger partial charge in [0.15, 0.2) is 17.1 Å². The minimum absolute atomic E-state index is 0.268. The summed E-state index contributed by atoms with van der Waals surface area (Å²) in [5, 5.41) is 4.30. The molecule has 1 aliphatic rings. The van der Waals surface area contributed by atoms with E-state index in [0.29, 0.717) is 24.8 Å². The predicted molar refractivity (Wildman–Crippen MR) is 109 cm³/mol. The summed E-state index contributed by atoms with van der Waals surface area (Å²) in [4.78, 5) is 8.98. The van der Waals surface area contributed by atoms with Crippen LogP contribution in [0.3, 0.4) is 0 Å². The zero-order valence-electron chi connectivity index (χ0n) is 16.1. The number of nitrogens with zero attached hydrogens (tertiary/aromatic N) is 3. The third-order valence-corrected chi connectivity index (χ3v) is 5.18. The summed E-state index contributed by atoms with van der Waals surface area (Å²) in [7, 11) is 0. The van der Waals surface area contributed by atoms with Crippen molar-refractivity contribution in [1.82, 2.24) is 14.5 Å². The van der Waals surface area contributed by atoms with E-state index >= 15 is 0 Å². The van der Waals surface area contributed by atoms with E-state index in [1.165, 1.54) is 18.5 Å². The van der Waals surface area contributed by atoms with Crippen LogP contribution in [0.5, 0.6) is 11.5 Å². The number of fused-ring (bicyclic) bond motifs is 2. The standard InChI is InChI=1S/C22H19FN4O2/c1-13-14(2)27(17-6-3-15(23)4-7-17)22-20(13)21(24-12-25-22)26-16-5-8-18-19(11-16)29-10-9-28-18/h3-8,11-12H,9-10H2,1-2H3,(H,24,25,26). The molecule has 29 heavy (non-hydrogen) atoms. The molecule has 0 atom stereocenters. The summed E-state index contributed by atoms with van der Waals surface area (Å²) < 4.78 is 26.7. The van der Waals surface area contributed by atoms with Gasteiger partial charge in [-0.05, 0) is 55.8 Å². The summed E-state index contributed by atoms with van der Waals surface area (Å²) in [6.45, 7) is 5.15. The number of aromatic nitrogens is 3. The smallest absolute Gasteiger partial charge is 0.163 e. The van der Waals surface area contributed by atoms with E-state index in [9.17, 15) is 4.39 Å². The maximum Gasteiger partial charge on any atom is 0.163 e. The number of aryl methyl sites for hydroxylation is 1. The Balaban J connectivity index is 1.61. The van der Waals surface area contributed by atoms with Gasteiger partial charge in [-0.2, -0.15) is 0 Å². The summed E-state index contributed by atoms with van der Waals surface area (Å²) in [5.74, 6) is 1.88. The third-order valence-electron chi connectivity index (χ3n) is 5.18. The molecule has 0 saturated heterocycles. The van der Waals surface area contributed by atoms with Crippen molar-refractivity contribution in [3.8, 4) is 17.2 Å². The molecule has 3 heterocycles. The van der Waals surface area contributed by atoms with Gasteiger partial charge in [0.25, 0.3) is 0 Å². The first kappa shape index (κ1) is 17.5. The molecule has 5 rings (SSSR count). The summed E-state index contributed by atoms with van der Waals surface area (Å²) >= 11 is 0. The number of hydrogen-bond acceptors (Lipinski definition) is 5. The Morgan fingerprint density at radius 2 is 1.72 bits per heavy atom. The normalized spacial score (nSPS) is 12.9. The van der Waals surface area contributed by atoms with Crippen LogP contribution >= 0.6 is 0 Å². The van der Waals surface area contributed by atoms with E-state index in [0.717, 1.165) is 39.4 Å². The lowest BCUT2D eigenvalue weighted by Gasteiger charge is -2.19. The Morgan fingerprint density at radius 1 is 0.966 bits per heavy atom. The van der Waals surface area contributed by atoms with Gasteiger partial charge in [-0.1, -0.05) is 0 Å². The van der Waals surface area contributed by atoms with Crippen LogP contribution in [-0.4, -0.2) is 27.7 Å². The average molecular weight is 390 g/mol. The van der Waals surface area contributed by atoms with Crippen molar-refractivity contribution in [1.29, 1.82) is 0 Å². The molecule has 1 N–H and O–H groups in total. The van der Waals surface area contributed by atoms with Gasteiger partial charge < -0.3 is 14.8 Å². The fraction of sp³-hybridized carbons (Fsp3) is 0.182. The van der Waals surface area contributed by atoms with Gasteiger partial charge in [-0.15, -0.1) is 0 Å². The SMILES string of the molecule is Cc1c(C)n(-c2ccc(F)cc2)c2ncnc(Nc3ccc4c(c3)OCCO4)c12. The maximum atomic E-state index is 13.4. The molecule has 0 amide bonds. The van der Waals surface area contributed by atoms with Crippen LogP contribution in [-0.2, 0) is 0 Å². The lowest BCUT2D eigenvalue weighted by Crippen LogP contribution is -2.15. The Hall–Kier alpha value is -3.61. The van der Waals surface area contributed by atoms with Crippen molar-refractivity contribution < 1.29 is 13.9 Å². The number of rotatable bonds is 3. The Morgan fingerprint density at radius 3 is 2.52 bits per heavy atom. The molecule has 2 aromatic carbocycles. The van der Waals surface area contributed by atoms with Gasteiger partial charge >= 0.3 is 0 Å². The van der Waals surface area contributed by atoms with Crippen LogP contribution in [0.15, 0.2) is 48.8 Å². The minimum Gasteiger partial charge on any atom is -0.486 e. The van der Waals surface area contributed by atoms with Crippen molar-refractivity contribution >= 4 is 22.5 Å². The van der Waals surface area contributed by atoms with Crippen molar-refractivity contribution in [2.75, 3.05) is 18.5 Å². The zero-order chi connectivity index (χ0) is 20.0. The molecule has 146 valence electrons. The van der Waals surface area contributed by atoms with Crippen molar-refractivity contribution in [2.45, 2.75) is 13.8 Å². The van der Waals surface area contributed by atoms with Gasteiger partial charge in [0.2, 0.25) is 0 Å². The van der Waals surface area contributed by atoms with Crippen molar-refractivity contribution in [3.63, 3.8) is 0 Å². The number of anilines is 2. The van der Waals surface area contributed by atoms with E-state index in [-0.39, 0.29) is 5.82 Å². The van der Waals surface area contributed by atoms with Gasteiger partial charge in [-0.3, -0.25) is 4.57 Å². The predicted octanol–water partition coefficient (Wildman–Crippen LogP) is 4.69. The third kappa shape index (κ3) is 2.95. The highest BCUT2D eigenvalue weighted by Crippen LogP contribution is 2.36. The molecule has 7 heteroatoms. The fourth-order valence-electron chi connectivity index (χ4n) is 3.66. The summed E-state index contributed by atoms with van der Waals surface area (Å²) in [5.41, 5.74) is 4.55. The first-order valence-corrected chi connectivity index (χ1v) is 9.37. The van der Waals surface area contributed by atoms with Crippen LogP contribution in [0.2, 0.25) is 0 Å². The summed E-state index contributed by atoms with van der Waals surface area (Å²) in [6.07, 6.45) is 1.53. The van der Waals surface area contributed by atoms with Crippen LogP contribution in [0.1, 0.15) is 11.3 Å². The molecule has 0 unspecified atom stereocenters. The van der Waals surface area contributed by atoms with E-state index < -0.39 is 0 Å². The second-order valence-electron chi connectivity index (χ2n) is 6.93. The Kier molecular flexibility index (Phi) is 4.08. The van der Waals surface area contributed by atoms with E-state index in [2.05, 4.69) is 15.3 Å². The van der Waals surface area contributed by atoms with Gasteiger partial charge in [0.05, 0.1) is 5.39 Å². The Labute approximate surface area is 166 Å². The molecule has 0 aliphatic carbocycles. The number of ether oxygens (including phenoxy) is 2. The lowest BCUT2D eigenvalue weighted by atomic mass is 10.2. The number of nitrogens with one attached hydrogen (secondary N) is 1. The van der Waals surface area contributed by atoms with E-state index in [4.69, 9.17) is 9.47 Å². The molecule has 0 spiro atoms. The molecular formula is C22H19FN4O2. The first-order valence-electron chi connectivity index (χ1n) is 9.37. The molecule has 4 aromatic rings. The lowest BCUT2D eigenvalue weighted by molar-refractivity contribution is 0.171. The van der Waals surface area contributed by atoms with E-state index in [1.54, 1.807) is 12.1 Å². The molecule has 0 fully saturated rings. The van der Waals surface area contributed by atoms with Crippen LogP contribution in [0, 0.1) is 19.7 Å². The average Bonchev–Trinajstić information content (AvgIpc) is 3.00. The van der Waals surface area contributed by atoms with Gasteiger partial charge in [0, 0.05) is 23.1 Å². The fourth-order valence-corrected chi connectivity index (χ4v) is 3.66. The molecule has 6 nitrogen and oxygen atoms in total. The minimum atomic E-state index is -0.268. The maximum absolute atomic E-state index is 13.4. The monoisotopic (exact) mass is 390 g/mol. The highest BCUT2D eigenvalue weighted by Gasteiger charge is 2.18. The van der Waals surface area contributed by atoms with Crippen molar-refractivity contribution in [2.24, 2.45) is 0 Å². The molecule has 0 bridgehead atoms. The van der Waals surface area contributed by atoms with Crippen molar-refractivity contribution in [3.05, 3.63) is 65.9 Å². The van der Waals surface area contributed by atoms with Crippen LogP contribution < -0.4 is 14.8 Å². The van der Waals surface area contributed by atoms with Gasteiger partial charge in [0.1, 0.15) is 31.2 Å². The quantitative estimate of drug-likeness (QED) is 0.550. The van der Waals surface area contributed by atoms with Gasteiger partial charge in [-0.25, -0.2) is 14.4 Å². The molecule has 1 aliphatic heterocycles. The topological polar surface area (TPSA) is 61.2 Å².